The molecule has 5 rings (SSSR count). The molecular formula is C20H28N4O2. The summed E-state index contributed by atoms with van der Waals surface area (Å²) in [6.07, 6.45) is 1.91. The summed E-state index contributed by atoms with van der Waals surface area (Å²) in [6.45, 7) is 7.54. The van der Waals surface area contributed by atoms with Crippen molar-refractivity contribution in [2.45, 2.75) is 25.8 Å². The quantitative estimate of drug-likeness (QED) is 0.873. The number of nitrogens with one attached hydrogen (secondary N) is 1. The first-order valence-electron chi connectivity index (χ1n) is 9.70. The van der Waals surface area contributed by atoms with E-state index in [4.69, 9.17) is 0 Å². The van der Waals surface area contributed by atoms with E-state index in [1.54, 1.807) is 0 Å². The molecule has 0 spiro atoms. The fourth-order valence-corrected chi connectivity index (χ4v) is 4.33. The zero-order chi connectivity index (χ0) is 18.1. The van der Waals surface area contributed by atoms with Crippen molar-refractivity contribution in [2.24, 2.45) is 5.92 Å². The number of hydrogen-bond donors (Lipinski definition) is 1. The number of benzene rings is 1. The van der Waals surface area contributed by atoms with Crippen molar-refractivity contribution in [1.82, 2.24) is 15.1 Å². The first-order valence-corrected chi connectivity index (χ1v) is 9.70. The predicted octanol–water partition coefficient (Wildman–Crippen LogP) is 0.854. The smallest absolute Gasteiger partial charge is 0.236 e. The maximum Gasteiger partial charge on any atom is 0.236 e. The highest BCUT2D eigenvalue weighted by molar-refractivity contribution is 5.83. The number of amides is 2. The fraction of sp³-hybridized carbons (Fsp3) is 0.600. The molecule has 1 N–H and O–H groups in total. The lowest BCUT2D eigenvalue weighted by atomic mass is 9.96. The van der Waals surface area contributed by atoms with E-state index < -0.39 is 0 Å². The molecule has 4 saturated heterocycles. The molecule has 1 aromatic carbocycles. The number of carbonyl (C=O) groups excluding carboxylic acids is 2. The van der Waals surface area contributed by atoms with Gasteiger partial charge in [-0.25, -0.2) is 0 Å². The predicted molar refractivity (Wildman–Crippen MR) is 101 cm³/mol. The van der Waals surface area contributed by atoms with Crippen LogP contribution in [-0.2, 0) is 9.59 Å². The Kier molecular flexibility index (Phi) is 4.85. The molecule has 0 aliphatic carbocycles. The minimum atomic E-state index is -0.0177. The summed E-state index contributed by atoms with van der Waals surface area (Å²) in [5.41, 5.74) is 2.55. The third-order valence-electron chi connectivity index (χ3n) is 5.91. The largest absolute Gasteiger partial charge is 0.369 e. The Bertz CT molecular complexity index is 684. The molecule has 4 aliphatic heterocycles. The van der Waals surface area contributed by atoms with Crippen LogP contribution in [0.1, 0.15) is 18.4 Å². The second-order valence-electron chi connectivity index (χ2n) is 7.88. The monoisotopic (exact) mass is 356 g/mol. The van der Waals surface area contributed by atoms with Gasteiger partial charge in [0.1, 0.15) is 0 Å². The maximum absolute atomic E-state index is 12.8. The number of piperazine rings is 1. The molecule has 140 valence electrons. The second kappa shape index (κ2) is 7.27. The standard InChI is InChI=1S/C20H28N4O2/c1-15-3-2-4-18(11-15)23-9-7-22(8-10-23)14-19(25)24-12-16-5-6-17(13-24)21-20(16)26/h2-4,11,16-17H,5-10,12-14H2,1H3,(H,21,26)/t16-,17+/m1/s1. The summed E-state index contributed by atoms with van der Waals surface area (Å²) in [5.74, 6) is 0.279. The molecule has 0 saturated carbocycles. The van der Waals surface area contributed by atoms with Crippen molar-refractivity contribution < 1.29 is 9.59 Å². The number of carbonyl (C=O) groups is 2. The summed E-state index contributed by atoms with van der Waals surface area (Å²) in [7, 11) is 0. The maximum atomic E-state index is 12.8. The van der Waals surface area contributed by atoms with Crippen molar-refractivity contribution in [3.05, 3.63) is 29.8 Å². The Labute approximate surface area is 155 Å². The molecule has 0 radical (unpaired) electrons. The molecule has 0 unspecified atom stereocenters. The molecule has 6 heteroatoms. The third-order valence-corrected chi connectivity index (χ3v) is 5.91. The van der Waals surface area contributed by atoms with Gasteiger partial charge >= 0.3 is 0 Å². The van der Waals surface area contributed by atoms with Crippen LogP contribution in [0, 0.1) is 12.8 Å². The average Bonchev–Trinajstić information content (AvgIpc) is 2.94. The van der Waals surface area contributed by atoms with Gasteiger partial charge in [-0.05, 0) is 37.5 Å². The van der Waals surface area contributed by atoms with Crippen molar-refractivity contribution in [3.8, 4) is 0 Å². The minimum Gasteiger partial charge on any atom is -0.369 e. The van der Waals surface area contributed by atoms with Gasteiger partial charge in [-0.1, -0.05) is 12.1 Å². The molecule has 2 atom stereocenters. The van der Waals surface area contributed by atoms with Crippen LogP contribution >= 0.6 is 0 Å². The van der Waals surface area contributed by atoms with Crippen molar-refractivity contribution in [2.75, 3.05) is 50.7 Å². The third kappa shape index (κ3) is 3.70. The van der Waals surface area contributed by atoms with E-state index in [0.29, 0.717) is 19.6 Å². The van der Waals surface area contributed by atoms with Gasteiger partial charge < -0.3 is 15.1 Å². The molecule has 2 bridgehead atoms. The number of aryl methyl sites for hydroxylation is 1. The van der Waals surface area contributed by atoms with E-state index in [1.807, 2.05) is 4.90 Å². The lowest BCUT2D eigenvalue weighted by molar-refractivity contribution is -0.133. The van der Waals surface area contributed by atoms with Crippen LogP contribution in [0.25, 0.3) is 0 Å². The molecule has 4 heterocycles. The van der Waals surface area contributed by atoms with Crippen LogP contribution in [0.4, 0.5) is 5.69 Å². The van der Waals surface area contributed by atoms with Gasteiger partial charge in [0.25, 0.3) is 0 Å². The van der Waals surface area contributed by atoms with Crippen molar-refractivity contribution in [3.63, 3.8) is 0 Å². The number of nitrogens with zero attached hydrogens (tertiary/aromatic N) is 3. The lowest BCUT2D eigenvalue weighted by Gasteiger charge is -2.36. The van der Waals surface area contributed by atoms with Crippen LogP contribution in [0.2, 0.25) is 0 Å². The summed E-state index contributed by atoms with van der Waals surface area (Å²) in [4.78, 5) is 31.3. The van der Waals surface area contributed by atoms with Gasteiger partial charge in [0.2, 0.25) is 11.8 Å². The van der Waals surface area contributed by atoms with Gasteiger partial charge in [0.05, 0.1) is 12.5 Å². The number of piperidine rings is 1. The van der Waals surface area contributed by atoms with Crippen LogP contribution < -0.4 is 10.2 Å². The van der Waals surface area contributed by atoms with Gasteiger partial charge in [-0.3, -0.25) is 14.5 Å². The zero-order valence-corrected chi connectivity index (χ0v) is 15.5. The van der Waals surface area contributed by atoms with Crippen LogP contribution in [-0.4, -0.2) is 73.5 Å². The van der Waals surface area contributed by atoms with E-state index in [0.717, 1.165) is 39.0 Å². The number of rotatable bonds is 3. The Balaban J connectivity index is 1.30. The van der Waals surface area contributed by atoms with Gasteiger partial charge in [0.15, 0.2) is 0 Å². The van der Waals surface area contributed by atoms with E-state index in [-0.39, 0.29) is 23.8 Å². The normalized spacial score (nSPS) is 26.6. The topological polar surface area (TPSA) is 55.9 Å². The number of anilines is 1. The number of hydrogen-bond acceptors (Lipinski definition) is 4. The highest BCUT2D eigenvalue weighted by Gasteiger charge is 2.36. The van der Waals surface area contributed by atoms with E-state index in [2.05, 4.69) is 46.3 Å². The van der Waals surface area contributed by atoms with Gasteiger partial charge in [0, 0.05) is 51.0 Å². The SMILES string of the molecule is Cc1cccc(N2CCN(CC(=O)N3C[C@@H]4CC[C@H](C3)C(=O)N4)CC2)c1. The average molecular weight is 356 g/mol. The first kappa shape index (κ1) is 17.3. The highest BCUT2D eigenvalue weighted by Crippen LogP contribution is 2.23. The Morgan fingerprint density at radius 1 is 1.15 bits per heavy atom. The summed E-state index contributed by atoms with van der Waals surface area (Å²) < 4.78 is 0. The van der Waals surface area contributed by atoms with E-state index in [9.17, 15) is 9.59 Å². The Morgan fingerprint density at radius 3 is 2.69 bits per heavy atom. The fourth-order valence-electron chi connectivity index (χ4n) is 4.33. The molecule has 2 amide bonds. The molecular weight excluding hydrogens is 328 g/mol. The summed E-state index contributed by atoms with van der Waals surface area (Å²) in [5, 5.41) is 3.04. The second-order valence-corrected chi connectivity index (χ2v) is 7.88. The van der Waals surface area contributed by atoms with E-state index >= 15 is 0 Å². The Morgan fingerprint density at radius 2 is 1.96 bits per heavy atom. The van der Waals surface area contributed by atoms with E-state index in [1.165, 1.54) is 11.3 Å². The van der Waals surface area contributed by atoms with Crippen LogP contribution in [0.15, 0.2) is 24.3 Å². The van der Waals surface area contributed by atoms with Gasteiger partial charge in [-0.15, -0.1) is 0 Å². The molecule has 0 aromatic heterocycles. The summed E-state index contributed by atoms with van der Waals surface area (Å²) in [6, 6.07) is 8.74. The molecule has 1 aromatic rings. The molecule has 6 nitrogen and oxygen atoms in total. The summed E-state index contributed by atoms with van der Waals surface area (Å²) >= 11 is 0. The first-order chi connectivity index (χ1) is 12.6. The van der Waals surface area contributed by atoms with Crippen molar-refractivity contribution in [1.29, 1.82) is 0 Å². The molecule has 4 aliphatic rings. The van der Waals surface area contributed by atoms with Crippen LogP contribution in [0.5, 0.6) is 0 Å². The minimum absolute atomic E-state index is 0.0177. The highest BCUT2D eigenvalue weighted by atomic mass is 16.2. The van der Waals surface area contributed by atoms with Crippen molar-refractivity contribution >= 4 is 17.5 Å². The lowest BCUT2D eigenvalue weighted by Crippen LogP contribution is -2.51. The Hall–Kier alpha value is -2.08. The zero-order valence-electron chi connectivity index (χ0n) is 15.5. The van der Waals surface area contributed by atoms with Gasteiger partial charge in [-0.2, -0.15) is 0 Å². The molecule has 26 heavy (non-hydrogen) atoms. The number of fused-ring (bicyclic) bond motifs is 4. The molecule has 4 fully saturated rings. The van der Waals surface area contributed by atoms with Crippen LogP contribution in [0.3, 0.4) is 0 Å².